The SMILES string of the molecule is COC(=O)/C=C(/Nc1ccc(Nc2cc(N3CCCC3)nc(C)n2)cc1)C(=O)OC. The Kier molecular flexibility index (Phi) is 6.84. The molecular formula is C21H25N5O4. The summed E-state index contributed by atoms with van der Waals surface area (Å²) in [5, 5.41) is 6.15. The van der Waals surface area contributed by atoms with Crippen LogP contribution in [0.4, 0.5) is 23.0 Å². The van der Waals surface area contributed by atoms with Crippen LogP contribution >= 0.6 is 0 Å². The van der Waals surface area contributed by atoms with E-state index in [9.17, 15) is 9.59 Å². The van der Waals surface area contributed by atoms with Gasteiger partial charge in [0.1, 0.15) is 23.2 Å². The minimum Gasteiger partial charge on any atom is -0.466 e. The molecule has 1 fully saturated rings. The van der Waals surface area contributed by atoms with Crippen molar-refractivity contribution in [3.8, 4) is 0 Å². The fraction of sp³-hybridized carbons (Fsp3) is 0.333. The summed E-state index contributed by atoms with van der Waals surface area (Å²) in [7, 11) is 2.47. The molecule has 2 aromatic rings. The Hall–Kier alpha value is -3.62. The molecule has 1 aromatic heterocycles. The number of rotatable bonds is 7. The number of nitrogens with one attached hydrogen (secondary N) is 2. The Labute approximate surface area is 175 Å². The van der Waals surface area contributed by atoms with Crippen LogP contribution in [0.3, 0.4) is 0 Å². The molecule has 0 saturated carbocycles. The van der Waals surface area contributed by atoms with Gasteiger partial charge in [-0.25, -0.2) is 19.6 Å². The van der Waals surface area contributed by atoms with Gasteiger partial charge in [0.05, 0.1) is 20.3 Å². The highest BCUT2D eigenvalue weighted by molar-refractivity contribution is 5.98. The molecule has 3 rings (SSSR count). The summed E-state index contributed by atoms with van der Waals surface area (Å²) < 4.78 is 9.26. The van der Waals surface area contributed by atoms with Crippen LogP contribution in [0.1, 0.15) is 18.7 Å². The van der Waals surface area contributed by atoms with Crippen LogP contribution in [-0.2, 0) is 19.1 Å². The Bertz CT molecular complexity index is 937. The topological polar surface area (TPSA) is 106 Å². The van der Waals surface area contributed by atoms with Crippen LogP contribution in [0, 0.1) is 6.92 Å². The smallest absolute Gasteiger partial charge is 0.354 e. The zero-order chi connectivity index (χ0) is 21.5. The van der Waals surface area contributed by atoms with Gasteiger partial charge in [0.15, 0.2) is 0 Å². The van der Waals surface area contributed by atoms with Crippen LogP contribution in [0.15, 0.2) is 42.1 Å². The maximum absolute atomic E-state index is 11.9. The number of nitrogens with zero attached hydrogens (tertiary/aromatic N) is 3. The second-order valence-corrected chi connectivity index (χ2v) is 6.75. The molecule has 0 unspecified atom stereocenters. The third-order valence-electron chi connectivity index (χ3n) is 4.56. The van der Waals surface area contributed by atoms with Gasteiger partial charge in [-0.15, -0.1) is 0 Å². The van der Waals surface area contributed by atoms with E-state index < -0.39 is 11.9 Å². The normalized spacial score (nSPS) is 13.7. The van der Waals surface area contributed by atoms with Gasteiger partial charge in [0.2, 0.25) is 0 Å². The summed E-state index contributed by atoms with van der Waals surface area (Å²) in [6.45, 7) is 3.90. The molecule has 0 amide bonds. The number of anilines is 4. The van der Waals surface area contributed by atoms with Gasteiger partial charge < -0.3 is 25.0 Å². The first-order valence-electron chi connectivity index (χ1n) is 9.61. The first-order chi connectivity index (χ1) is 14.5. The van der Waals surface area contributed by atoms with E-state index in [0.29, 0.717) is 17.3 Å². The van der Waals surface area contributed by atoms with E-state index in [1.165, 1.54) is 27.1 Å². The minimum atomic E-state index is -0.673. The largest absolute Gasteiger partial charge is 0.466 e. The predicted octanol–water partition coefficient (Wildman–Crippen LogP) is 2.77. The summed E-state index contributed by atoms with van der Waals surface area (Å²) in [4.78, 5) is 34.6. The molecule has 0 atom stereocenters. The molecular weight excluding hydrogens is 386 g/mol. The molecule has 0 aliphatic carbocycles. The number of ether oxygens (including phenoxy) is 2. The predicted molar refractivity (Wildman–Crippen MR) is 114 cm³/mol. The number of benzene rings is 1. The van der Waals surface area contributed by atoms with Gasteiger partial charge in [0.25, 0.3) is 0 Å². The van der Waals surface area contributed by atoms with Gasteiger partial charge in [-0.1, -0.05) is 0 Å². The molecule has 1 aromatic carbocycles. The standard InChI is InChI=1S/C21H25N5O4/c1-14-22-18(13-19(23-14)26-10-4-5-11-26)25-16-8-6-15(7-9-16)24-17(21(28)30-3)12-20(27)29-2/h6-9,12-13,24H,4-5,10-11H2,1-3H3,(H,22,23,25)/b17-12+. The zero-order valence-corrected chi connectivity index (χ0v) is 17.3. The van der Waals surface area contributed by atoms with Gasteiger partial charge in [0, 0.05) is 30.5 Å². The molecule has 1 aliphatic rings. The Morgan fingerprint density at radius 2 is 1.70 bits per heavy atom. The number of aromatic nitrogens is 2. The fourth-order valence-corrected chi connectivity index (χ4v) is 3.10. The Balaban J connectivity index is 1.72. The summed E-state index contributed by atoms with van der Waals surface area (Å²) in [5.74, 6) is 1.01. The highest BCUT2D eigenvalue weighted by Gasteiger charge is 2.15. The summed E-state index contributed by atoms with van der Waals surface area (Å²) in [6.07, 6.45) is 3.40. The van der Waals surface area contributed by atoms with Gasteiger partial charge in [-0.05, 0) is 44.0 Å². The Morgan fingerprint density at radius 1 is 1.03 bits per heavy atom. The van der Waals surface area contributed by atoms with Crippen LogP contribution < -0.4 is 15.5 Å². The molecule has 158 valence electrons. The highest BCUT2D eigenvalue weighted by Crippen LogP contribution is 2.24. The van der Waals surface area contributed by atoms with Crippen molar-refractivity contribution in [2.75, 3.05) is 42.8 Å². The number of hydrogen-bond donors (Lipinski definition) is 2. The highest BCUT2D eigenvalue weighted by atomic mass is 16.5. The maximum atomic E-state index is 11.9. The van der Waals surface area contributed by atoms with E-state index in [2.05, 4.69) is 35.0 Å². The second-order valence-electron chi connectivity index (χ2n) is 6.75. The number of methoxy groups -OCH3 is 2. The molecule has 0 radical (unpaired) electrons. The van der Waals surface area contributed by atoms with Crippen LogP contribution in [0.25, 0.3) is 0 Å². The quantitative estimate of drug-likeness (QED) is 0.525. The molecule has 9 nitrogen and oxygen atoms in total. The third-order valence-corrected chi connectivity index (χ3v) is 4.56. The molecule has 2 heterocycles. The average Bonchev–Trinajstić information content (AvgIpc) is 3.28. The molecule has 2 N–H and O–H groups in total. The van der Waals surface area contributed by atoms with E-state index in [0.717, 1.165) is 30.7 Å². The lowest BCUT2D eigenvalue weighted by Gasteiger charge is -2.18. The summed E-state index contributed by atoms with van der Waals surface area (Å²) >= 11 is 0. The van der Waals surface area contributed by atoms with Crippen LogP contribution in [0.5, 0.6) is 0 Å². The lowest BCUT2D eigenvalue weighted by Crippen LogP contribution is -2.19. The second kappa shape index (κ2) is 9.73. The fourth-order valence-electron chi connectivity index (χ4n) is 3.10. The maximum Gasteiger partial charge on any atom is 0.354 e. The number of esters is 2. The summed E-state index contributed by atoms with van der Waals surface area (Å²) in [6, 6.07) is 9.15. The van der Waals surface area contributed by atoms with Crippen molar-refractivity contribution in [1.82, 2.24) is 9.97 Å². The van der Waals surface area contributed by atoms with Gasteiger partial charge in [-0.3, -0.25) is 0 Å². The van der Waals surface area contributed by atoms with E-state index in [4.69, 9.17) is 0 Å². The summed E-state index contributed by atoms with van der Waals surface area (Å²) in [5.41, 5.74) is 1.41. The van der Waals surface area contributed by atoms with Crippen molar-refractivity contribution in [2.45, 2.75) is 19.8 Å². The zero-order valence-electron chi connectivity index (χ0n) is 17.3. The van der Waals surface area contributed by atoms with Crippen LogP contribution in [-0.4, -0.2) is 49.2 Å². The Morgan fingerprint density at radius 3 is 2.33 bits per heavy atom. The van der Waals surface area contributed by atoms with E-state index in [1.54, 1.807) is 12.1 Å². The number of carbonyl (C=O) groups is 2. The first-order valence-corrected chi connectivity index (χ1v) is 9.61. The van der Waals surface area contributed by atoms with Crippen molar-refractivity contribution in [1.29, 1.82) is 0 Å². The lowest BCUT2D eigenvalue weighted by molar-refractivity contribution is -0.138. The van der Waals surface area contributed by atoms with Crippen molar-refractivity contribution >= 4 is 34.9 Å². The third kappa shape index (κ3) is 5.47. The van der Waals surface area contributed by atoms with Crippen LogP contribution in [0.2, 0.25) is 0 Å². The van der Waals surface area contributed by atoms with Crippen molar-refractivity contribution in [3.63, 3.8) is 0 Å². The number of carbonyl (C=O) groups excluding carboxylic acids is 2. The van der Waals surface area contributed by atoms with Crippen molar-refractivity contribution < 1.29 is 19.1 Å². The van der Waals surface area contributed by atoms with Gasteiger partial charge >= 0.3 is 11.9 Å². The molecule has 1 aliphatic heterocycles. The average molecular weight is 411 g/mol. The number of hydrogen-bond acceptors (Lipinski definition) is 9. The minimum absolute atomic E-state index is 0.0215. The first kappa shape index (κ1) is 21.1. The van der Waals surface area contributed by atoms with E-state index >= 15 is 0 Å². The van der Waals surface area contributed by atoms with Crippen molar-refractivity contribution in [3.05, 3.63) is 47.9 Å². The monoisotopic (exact) mass is 411 g/mol. The lowest BCUT2D eigenvalue weighted by atomic mass is 10.2. The van der Waals surface area contributed by atoms with Gasteiger partial charge in [-0.2, -0.15) is 0 Å². The molecule has 9 heteroatoms. The van der Waals surface area contributed by atoms with E-state index in [1.807, 2.05) is 25.1 Å². The molecule has 1 saturated heterocycles. The van der Waals surface area contributed by atoms with Crippen molar-refractivity contribution in [2.24, 2.45) is 0 Å². The number of aryl methyl sites for hydroxylation is 1. The molecule has 30 heavy (non-hydrogen) atoms. The molecule has 0 spiro atoms. The molecule has 0 bridgehead atoms. The van der Waals surface area contributed by atoms with E-state index in [-0.39, 0.29) is 5.70 Å².